The van der Waals surface area contributed by atoms with Gasteiger partial charge in [-0.25, -0.2) is 13.2 Å². The van der Waals surface area contributed by atoms with Crippen molar-refractivity contribution in [2.75, 3.05) is 33.2 Å². The van der Waals surface area contributed by atoms with Crippen molar-refractivity contribution in [2.45, 2.75) is 24.8 Å². The molecule has 0 radical (unpaired) electrons. The predicted octanol–water partition coefficient (Wildman–Crippen LogP) is 0.524. The Morgan fingerprint density at radius 2 is 1.93 bits per heavy atom. The molecule has 0 bridgehead atoms. The highest BCUT2D eigenvalue weighted by atomic mass is 32.2. The van der Waals surface area contributed by atoms with Gasteiger partial charge >= 0.3 is 5.76 Å². The second kappa shape index (κ2) is 7.15. The summed E-state index contributed by atoms with van der Waals surface area (Å²) in [4.78, 5) is 18.6. The van der Waals surface area contributed by atoms with Crippen molar-refractivity contribution in [3.05, 3.63) is 40.5 Å². The minimum atomic E-state index is -3.64. The van der Waals surface area contributed by atoms with E-state index in [4.69, 9.17) is 8.94 Å². The molecule has 0 amide bonds. The molecule has 1 aliphatic rings. The highest BCUT2D eigenvalue weighted by Crippen LogP contribution is 2.22. The molecule has 150 valence electrons. The lowest BCUT2D eigenvalue weighted by molar-refractivity contribution is 0.222. The van der Waals surface area contributed by atoms with Gasteiger partial charge in [-0.3, -0.25) is 4.57 Å². The van der Waals surface area contributed by atoms with E-state index < -0.39 is 15.8 Å². The Kier molecular flexibility index (Phi) is 4.81. The van der Waals surface area contributed by atoms with Gasteiger partial charge in [0.05, 0.1) is 17.0 Å². The van der Waals surface area contributed by atoms with E-state index in [1.165, 1.54) is 21.0 Å². The van der Waals surface area contributed by atoms with Crippen molar-refractivity contribution in [2.24, 2.45) is 0 Å². The first-order valence-corrected chi connectivity index (χ1v) is 10.5. The fraction of sp³-hybridized carbons (Fsp3) is 0.471. The Bertz CT molecular complexity index is 1150. The van der Waals surface area contributed by atoms with Crippen LogP contribution < -0.4 is 5.76 Å². The third-order valence-corrected chi connectivity index (χ3v) is 6.75. The maximum Gasteiger partial charge on any atom is 0.420 e. The first kappa shape index (κ1) is 18.8. The van der Waals surface area contributed by atoms with Crippen molar-refractivity contribution in [1.29, 1.82) is 0 Å². The van der Waals surface area contributed by atoms with Crippen LogP contribution in [0.1, 0.15) is 18.6 Å². The number of fused-ring (bicyclic) bond motifs is 1. The van der Waals surface area contributed by atoms with Gasteiger partial charge in [-0.1, -0.05) is 12.1 Å². The Morgan fingerprint density at radius 3 is 2.61 bits per heavy atom. The standard InChI is InChI=1S/C17H21N5O5S/c1-3-16-18-15(19-27-16)11-22-13-5-4-12(10-14(13)26-17(22)23)28(24,25)21-8-6-20(2)7-9-21/h4-5,10H,3,6-9,11H2,1-2H3. The molecule has 4 rings (SSSR count). The Labute approximate surface area is 161 Å². The van der Waals surface area contributed by atoms with Crippen molar-refractivity contribution in [3.8, 4) is 0 Å². The zero-order valence-corrected chi connectivity index (χ0v) is 16.5. The van der Waals surface area contributed by atoms with Gasteiger partial charge in [0.1, 0.15) is 0 Å². The van der Waals surface area contributed by atoms with E-state index in [1.807, 2.05) is 14.0 Å². The number of likely N-dealkylation sites (N-methyl/N-ethyl adjacent to an activating group) is 1. The SMILES string of the molecule is CCc1nc(Cn2c(=O)oc3cc(S(=O)(=O)N4CCN(C)CC4)ccc32)no1. The summed E-state index contributed by atoms with van der Waals surface area (Å²) in [6, 6.07) is 4.47. The van der Waals surface area contributed by atoms with E-state index in [0.717, 1.165) is 0 Å². The molecule has 0 spiro atoms. The molecule has 1 saturated heterocycles. The Balaban J connectivity index is 1.66. The van der Waals surface area contributed by atoms with Crippen LogP contribution in [0.25, 0.3) is 11.1 Å². The molecule has 1 fully saturated rings. The molecule has 1 aliphatic heterocycles. The Morgan fingerprint density at radius 1 is 1.18 bits per heavy atom. The van der Waals surface area contributed by atoms with E-state index in [-0.39, 0.29) is 17.0 Å². The molecule has 2 aromatic heterocycles. The molecular formula is C17H21N5O5S. The topological polar surface area (TPSA) is 115 Å². The Hall–Kier alpha value is -2.50. The van der Waals surface area contributed by atoms with Gasteiger partial charge < -0.3 is 13.8 Å². The molecule has 0 aliphatic carbocycles. The van der Waals surface area contributed by atoms with Gasteiger partial charge in [0, 0.05) is 38.7 Å². The van der Waals surface area contributed by atoms with Gasteiger partial charge in [0.25, 0.3) is 0 Å². The van der Waals surface area contributed by atoms with Gasteiger partial charge in [0.2, 0.25) is 15.9 Å². The second-order valence-corrected chi connectivity index (χ2v) is 8.69. The lowest BCUT2D eigenvalue weighted by atomic mass is 10.3. The zero-order valence-electron chi connectivity index (χ0n) is 15.7. The molecule has 1 aromatic carbocycles. The molecule has 0 saturated carbocycles. The van der Waals surface area contributed by atoms with Crippen molar-refractivity contribution < 1.29 is 17.4 Å². The van der Waals surface area contributed by atoms with Crippen LogP contribution in [0.3, 0.4) is 0 Å². The fourth-order valence-corrected chi connectivity index (χ4v) is 4.61. The lowest BCUT2D eigenvalue weighted by Crippen LogP contribution is -2.46. The summed E-state index contributed by atoms with van der Waals surface area (Å²) in [6.45, 7) is 4.19. The number of piperazine rings is 1. The zero-order chi connectivity index (χ0) is 19.9. The third kappa shape index (κ3) is 3.36. The van der Waals surface area contributed by atoms with Gasteiger partial charge in [-0.2, -0.15) is 9.29 Å². The van der Waals surface area contributed by atoms with Crippen LogP contribution >= 0.6 is 0 Å². The van der Waals surface area contributed by atoms with Crippen LogP contribution in [0.5, 0.6) is 0 Å². The summed E-state index contributed by atoms with van der Waals surface area (Å²) in [6.07, 6.45) is 0.599. The minimum absolute atomic E-state index is 0.0832. The number of benzene rings is 1. The monoisotopic (exact) mass is 407 g/mol. The second-order valence-electron chi connectivity index (χ2n) is 6.75. The molecule has 28 heavy (non-hydrogen) atoms. The summed E-state index contributed by atoms with van der Waals surface area (Å²) < 4.78 is 38.9. The van der Waals surface area contributed by atoms with Crippen LogP contribution in [-0.4, -0.2) is 65.6 Å². The van der Waals surface area contributed by atoms with Crippen LogP contribution in [0.2, 0.25) is 0 Å². The van der Waals surface area contributed by atoms with Crippen LogP contribution in [0, 0.1) is 0 Å². The van der Waals surface area contributed by atoms with Crippen molar-refractivity contribution >= 4 is 21.1 Å². The number of oxazole rings is 1. The summed E-state index contributed by atoms with van der Waals surface area (Å²) in [5, 5.41) is 3.84. The van der Waals surface area contributed by atoms with Crippen molar-refractivity contribution in [1.82, 2.24) is 23.9 Å². The van der Waals surface area contributed by atoms with Gasteiger partial charge in [-0.05, 0) is 19.2 Å². The first-order valence-electron chi connectivity index (χ1n) is 9.02. The molecule has 3 heterocycles. The summed E-state index contributed by atoms with van der Waals surface area (Å²) in [5.74, 6) is 0.235. The number of sulfonamides is 1. The number of hydrogen-bond acceptors (Lipinski definition) is 8. The molecular weight excluding hydrogens is 386 g/mol. The number of aromatic nitrogens is 3. The minimum Gasteiger partial charge on any atom is -0.408 e. The van der Waals surface area contributed by atoms with E-state index in [9.17, 15) is 13.2 Å². The summed E-state index contributed by atoms with van der Waals surface area (Å²) in [7, 11) is -1.68. The normalized spacial score (nSPS) is 16.8. The molecule has 0 N–H and O–H groups in total. The maximum atomic E-state index is 12.9. The fourth-order valence-electron chi connectivity index (χ4n) is 3.17. The molecule has 0 unspecified atom stereocenters. The molecule has 11 heteroatoms. The number of rotatable bonds is 5. The molecule has 10 nitrogen and oxygen atoms in total. The van der Waals surface area contributed by atoms with Crippen LogP contribution in [0.4, 0.5) is 0 Å². The van der Waals surface area contributed by atoms with Crippen LogP contribution in [-0.2, 0) is 23.0 Å². The molecule has 3 aromatic rings. The molecule has 0 atom stereocenters. The van der Waals surface area contributed by atoms with Gasteiger partial charge in [-0.15, -0.1) is 0 Å². The summed E-state index contributed by atoms with van der Waals surface area (Å²) >= 11 is 0. The quantitative estimate of drug-likeness (QED) is 0.601. The largest absolute Gasteiger partial charge is 0.420 e. The van der Waals surface area contributed by atoms with Crippen molar-refractivity contribution in [3.63, 3.8) is 0 Å². The number of aryl methyl sites for hydroxylation is 1. The number of nitrogens with zero attached hydrogens (tertiary/aromatic N) is 5. The van der Waals surface area contributed by atoms with E-state index in [0.29, 0.717) is 49.8 Å². The predicted molar refractivity (Wildman–Crippen MR) is 99.5 cm³/mol. The maximum absolute atomic E-state index is 12.9. The van der Waals surface area contributed by atoms with E-state index in [2.05, 4.69) is 15.0 Å². The highest BCUT2D eigenvalue weighted by Gasteiger charge is 2.28. The average Bonchev–Trinajstić information content (AvgIpc) is 3.26. The lowest BCUT2D eigenvalue weighted by Gasteiger charge is -2.31. The number of hydrogen-bond donors (Lipinski definition) is 0. The third-order valence-electron chi connectivity index (χ3n) is 4.85. The van der Waals surface area contributed by atoms with Crippen LogP contribution in [0.15, 0.2) is 36.8 Å². The smallest absolute Gasteiger partial charge is 0.408 e. The highest BCUT2D eigenvalue weighted by molar-refractivity contribution is 7.89. The first-order chi connectivity index (χ1) is 13.4. The average molecular weight is 407 g/mol. The van der Waals surface area contributed by atoms with Gasteiger partial charge in [0.15, 0.2) is 11.4 Å². The van der Waals surface area contributed by atoms with E-state index >= 15 is 0 Å². The summed E-state index contributed by atoms with van der Waals surface area (Å²) in [5.41, 5.74) is 0.685. The van der Waals surface area contributed by atoms with E-state index in [1.54, 1.807) is 6.07 Å².